The van der Waals surface area contributed by atoms with E-state index in [1.165, 1.54) is 12.8 Å². The molecule has 2 aromatic heterocycles. The predicted octanol–water partition coefficient (Wildman–Crippen LogP) is 3.52. The van der Waals surface area contributed by atoms with E-state index in [0.717, 1.165) is 40.8 Å². The third-order valence-electron chi connectivity index (χ3n) is 4.87. The Balaban J connectivity index is 1.65. The summed E-state index contributed by atoms with van der Waals surface area (Å²) in [4.78, 5) is 18.9. The molecule has 2 aliphatic rings. The van der Waals surface area contributed by atoms with Crippen molar-refractivity contribution in [2.75, 3.05) is 6.54 Å². The lowest BCUT2D eigenvalue weighted by molar-refractivity contribution is -0.128. The van der Waals surface area contributed by atoms with Gasteiger partial charge < -0.3 is 4.90 Å². The maximum absolute atomic E-state index is 12.3. The first-order valence-corrected chi connectivity index (χ1v) is 9.25. The number of nitrogens with zero attached hydrogens (tertiary/aromatic N) is 4. The zero-order valence-electron chi connectivity index (χ0n) is 13.3. The fourth-order valence-corrected chi connectivity index (χ4v) is 3.91. The van der Waals surface area contributed by atoms with Crippen molar-refractivity contribution in [1.29, 1.82) is 0 Å². The Labute approximate surface area is 144 Å². The first-order chi connectivity index (χ1) is 11.2. The second kappa shape index (κ2) is 5.89. The summed E-state index contributed by atoms with van der Waals surface area (Å²) < 4.78 is 2.78. The molecule has 122 valence electrons. The maximum Gasteiger partial charge on any atom is 0.223 e. The summed E-state index contributed by atoms with van der Waals surface area (Å²) >= 11 is 3.45. The monoisotopic (exact) mass is 376 g/mol. The molecule has 0 radical (unpaired) electrons. The van der Waals surface area contributed by atoms with E-state index < -0.39 is 0 Å². The first-order valence-electron chi connectivity index (χ1n) is 8.46. The van der Waals surface area contributed by atoms with Gasteiger partial charge in [0.05, 0.1) is 16.7 Å². The number of carbonyl (C=O) groups is 1. The van der Waals surface area contributed by atoms with Crippen molar-refractivity contribution in [3.8, 4) is 0 Å². The molecule has 23 heavy (non-hydrogen) atoms. The van der Waals surface area contributed by atoms with Gasteiger partial charge in [0, 0.05) is 36.8 Å². The van der Waals surface area contributed by atoms with Crippen LogP contribution >= 0.6 is 15.9 Å². The average molecular weight is 377 g/mol. The third-order valence-corrected chi connectivity index (χ3v) is 5.28. The number of rotatable bonds is 5. The molecule has 2 aromatic rings. The van der Waals surface area contributed by atoms with Crippen LogP contribution in [0.15, 0.2) is 16.9 Å². The quantitative estimate of drug-likeness (QED) is 0.801. The summed E-state index contributed by atoms with van der Waals surface area (Å²) in [6, 6.07) is 0. The van der Waals surface area contributed by atoms with Crippen LogP contribution in [0.3, 0.4) is 0 Å². The van der Waals surface area contributed by atoms with Crippen molar-refractivity contribution in [2.45, 2.75) is 51.5 Å². The summed E-state index contributed by atoms with van der Waals surface area (Å²) in [6.45, 7) is 3.72. The summed E-state index contributed by atoms with van der Waals surface area (Å²) in [5.41, 5.74) is 3.18. The molecule has 4 rings (SSSR count). The Hall–Kier alpha value is -1.43. The van der Waals surface area contributed by atoms with E-state index in [2.05, 4.69) is 27.8 Å². The van der Waals surface area contributed by atoms with Crippen molar-refractivity contribution in [1.82, 2.24) is 19.5 Å². The van der Waals surface area contributed by atoms with Crippen molar-refractivity contribution >= 4 is 27.5 Å². The molecular weight excluding hydrogens is 356 g/mol. The molecular formula is C17H21BrN4O. The Kier molecular flexibility index (Phi) is 3.87. The van der Waals surface area contributed by atoms with Crippen molar-refractivity contribution < 1.29 is 4.79 Å². The van der Waals surface area contributed by atoms with E-state index in [1.54, 1.807) is 0 Å². The number of amides is 1. The van der Waals surface area contributed by atoms with Gasteiger partial charge >= 0.3 is 0 Å². The Bertz CT molecular complexity index is 752. The summed E-state index contributed by atoms with van der Waals surface area (Å²) in [5, 5.41) is 4.74. The van der Waals surface area contributed by atoms with E-state index in [9.17, 15) is 4.79 Å². The molecule has 1 atom stereocenters. The van der Waals surface area contributed by atoms with Crippen LogP contribution in [0, 0.1) is 5.92 Å². The largest absolute Gasteiger partial charge is 0.338 e. The number of carbonyl (C=O) groups excluding carboxylic acids is 1. The molecule has 1 saturated heterocycles. The smallest absolute Gasteiger partial charge is 0.223 e. The highest BCUT2D eigenvalue weighted by Gasteiger charge is 2.34. The highest BCUT2D eigenvalue weighted by molar-refractivity contribution is 9.10. The van der Waals surface area contributed by atoms with E-state index in [0.29, 0.717) is 24.8 Å². The number of fused-ring (bicyclic) bond motifs is 1. The Morgan fingerprint density at radius 1 is 1.39 bits per heavy atom. The molecule has 2 fully saturated rings. The zero-order chi connectivity index (χ0) is 16.0. The number of hydrogen-bond acceptors (Lipinski definition) is 3. The van der Waals surface area contributed by atoms with Gasteiger partial charge in [0.15, 0.2) is 5.65 Å². The fraction of sp³-hybridized carbons (Fsp3) is 0.588. The van der Waals surface area contributed by atoms with Crippen molar-refractivity contribution in [2.24, 2.45) is 5.92 Å². The number of aromatic nitrogens is 3. The summed E-state index contributed by atoms with van der Waals surface area (Å²) in [5.74, 6) is 1.34. The van der Waals surface area contributed by atoms with E-state index in [1.807, 2.05) is 21.8 Å². The first kappa shape index (κ1) is 15.1. The van der Waals surface area contributed by atoms with Crippen LogP contribution in [0.4, 0.5) is 0 Å². The predicted molar refractivity (Wildman–Crippen MR) is 91.1 cm³/mol. The van der Waals surface area contributed by atoms with Crippen molar-refractivity contribution in [3.05, 3.63) is 28.1 Å². The summed E-state index contributed by atoms with van der Waals surface area (Å²) in [6.07, 6.45) is 9.13. The molecule has 1 aliphatic heterocycles. The van der Waals surface area contributed by atoms with E-state index in [4.69, 9.17) is 5.10 Å². The van der Waals surface area contributed by atoms with Gasteiger partial charge in [-0.05, 0) is 41.1 Å². The van der Waals surface area contributed by atoms with Crippen LogP contribution in [-0.2, 0) is 11.3 Å². The van der Waals surface area contributed by atoms with Crippen LogP contribution in [0.25, 0.3) is 5.65 Å². The van der Waals surface area contributed by atoms with Gasteiger partial charge in [0.1, 0.15) is 0 Å². The standard InChI is InChI=1S/C17H21BrN4O/c1-2-3-11-6-15(23)21(8-11)10-14-16(12-4-5-12)20-22-9-13(18)7-19-17(14)22/h7,9,11-12H,2-6,8,10H2,1H3. The lowest BCUT2D eigenvalue weighted by Gasteiger charge is -2.16. The Morgan fingerprint density at radius 2 is 2.22 bits per heavy atom. The lowest BCUT2D eigenvalue weighted by atomic mass is 10.0. The molecule has 1 unspecified atom stereocenters. The average Bonchev–Trinajstić information content (AvgIpc) is 3.22. The molecule has 1 amide bonds. The highest BCUT2D eigenvalue weighted by atomic mass is 79.9. The number of hydrogen-bond donors (Lipinski definition) is 0. The molecule has 0 spiro atoms. The second-order valence-corrected chi connectivity index (χ2v) is 7.73. The lowest BCUT2D eigenvalue weighted by Crippen LogP contribution is -2.25. The molecule has 3 heterocycles. The molecule has 6 heteroatoms. The second-order valence-electron chi connectivity index (χ2n) is 6.81. The van der Waals surface area contributed by atoms with Gasteiger partial charge in [-0.15, -0.1) is 0 Å². The minimum Gasteiger partial charge on any atom is -0.338 e. The SMILES string of the molecule is CCCC1CC(=O)N(Cc2c(C3CC3)nn3cc(Br)cnc23)C1. The van der Waals surface area contributed by atoms with Gasteiger partial charge in [-0.3, -0.25) is 4.79 Å². The minimum atomic E-state index is 0.279. The maximum atomic E-state index is 12.3. The zero-order valence-corrected chi connectivity index (χ0v) is 14.9. The number of likely N-dealkylation sites (tertiary alicyclic amines) is 1. The normalized spacial score (nSPS) is 21.6. The van der Waals surface area contributed by atoms with Crippen LogP contribution in [0.1, 0.15) is 56.2 Å². The van der Waals surface area contributed by atoms with Crippen molar-refractivity contribution in [3.63, 3.8) is 0 Å². The minimum absolute atomic E-state index is 0.279. The van der Waals surface area contributed by atoms with Gasteiger partial charge in [0.2, 0.25) is 5.91 Å². The molecule has 0 N–H and O–H groups in total. The van der Waals surface area contributed by atoms with Gasteiger partial charge in [0.25, 0.3) is 0 Å². The topological polar surface area (TPSA) is 50.5 Å². The van der Waals surface area contributed by atoms with Crippen LogP contribution in [-0.4, -0.2) is 31.9 Å². The third kappa shape index (κ3) is 2.89. The number of halogens is 1. The highest BCUT2D eigenvalue weighted by Crippen LogP contribution is 2.42. The summed E-state index contributed by atoms with van der Waals surface area (Å²) in [7, 11) is 0. The van der Waals surface area contributed by atoms with Gasteiger partial charge in [-0.25, -0.2) is 9.50 Å². The van der Waals surface area contributed by atoms with Gasteiger partial charge in [-0.1, -0.05) is 13.3 Å². The molecule has 0 bridgehead atoms. The van der Waals surface area contributed by atoms with Crippen LogP contribution in [0.5, 0.6) is 0 Å². The molecule has 0 aromatic carbocycles. The Morgan fingerprint density at radius 3 is 2.96 bits per heavy atom. The van der Waals surface area contributed by atoms with Crippen LogP contribution < -0.4 is 0 Å². The van der Waals surface area contributed by atoms with Gasteiger partial charge in [-0.2, -0.15) is 5.10 Å². The van der Waals surface area contributed by atoms with E-state index in [-0.39, 0.29) is 5.91 Å². The van der Waals surface area contributed by atoms with Crippen LogP contribution in [0.2, 0.25) is 0 Å². The molecule has 1 saturated carbocycles. The molecule has 1 aliphatic carbocycles. The molecule has 5 nitrogen and oxygen atoms in total. The fourth-order valence-electron chi connectivity index (χ4n) is 3.61. The van der Waals surface area contributed by atoms with E-state index >= 15 is 0 Å².